The maximum atomic E-state index is 10.6. The smallest absolute Gasteiger partial charge is 0.379 e. The normalized spacial score (nSPS) is 28.8. The predicted molar refractivity (Wildman–Crippen MR) is 45.6 cm³/mol. The molecular formula is C7H14BNO3. The quantitative estimate of drug-likeness (QED) is 0.459. The Bertz CT molecular complexity index is 183. The Hall–Kier alpha value is -0.385. The molecular weight excluding hydrogens is 157 g/mol. The fourth-order valence-electron chi connectivity index (χ4n) is 1.68. The number of rotatable bonds is 2. The van der Waals surface area contributed by atoms with Gasteiger partial charge in [0.2, 0.25) is 0 Å². The minimum absolute atomic E-state index is 0.319. The second-order valence-corrected chi connectivity index (χ2v) is 3.50. The molecule has 1 N–H and O–H groups in total. The molecule has 0 aromatic rings. The minimum Gasteiger partial charge on any atom is -0.437 e. The number of carbonyl (C=O) groups is 1. The molecule has 1 fully saturated rings. The molecule has 0 aliphatic carbocycles. The van der Waals surface area contributed by atoms with Crippen molar-refractivity contribution in [3.8, 4) is 0 Å². The van der Waals surface area contributed by atoms with Gasteiger partial charge in [0.25, 0.3) is 0 Å². The minimum atomic E-state index is -0.655. The Morgan fingerprint density at radius 1 is 1.75 bits per heavy atom. The third kappa shape index (κ3) is 1.53. The number of hydrogen-bond donors (Lipinski definition) is 1. The molecule has 0 spiro atoms. The van der Waals surface area contributed by atoms with E-state index in [2.05, 4.69) is 0 Å². The van der Waals surface area contributed by atoms with Gasteiger partial charge in [-0.3, -0.25) is 4.81 Å². The zero-order valence-corrected chi connectivity index (χ0v) is 7.65. The highest BCUT2D eigenvalue weighted by Gasteiger charge is 2.44. The van der Waals surface area contributed by atoms with Crippen molar-refractivity contribution in [1.82, 2.24) is 4.81 Å². The molecule has 0 bridgehead atoms. The van der Waals surface area contributed by atoms with Crippen molar-refractivity contribution in [2.75, 3.05) is 6.61 Å². The maximum absolute atomic E-state index is 10.6. The summed E-state index contributed by atoms with van der Waals surface area (Å²) >= 11 is 0. The molecule has 0 amide bonds. The number of hydrogen-bond acceptors (Lipinski definition) is 4. The number of carbonyl (C=O) groups excluding carboxylic acids is 1. The number of ether oxygens (including phenoxy) is 1. The summed E-state index contributed by atoms with van der Waals surface area (Å²) in [4.78, 5) is 12.2. The first kappa shape index (κ1) is 9.70. The predicted octanol–water partition coefficient (Wildman–Crippen LogP) is -0.268. The molecule has 1 heterocycles. The van der Waals surface area contributed by atoms with Crippen LogP contribution in [0.5, 0.6) is 0 Å². The monoisotopic (exact) mass is 171 g/mol. The van der Waals surface area contributed by atoms with E-state index >= 15 is 0 Å². The summed E-state index contributed by atoms with van der Waals surface area (Å²) in [5, 5.41) is 9.38. The van der Waals surface area contributed by atoms with E-state index in [-0.39, 0.29) is 6.04 Å². The van der Waals surface area contributed by atoms with Gasteiger partial charge in [0.1, 0.15) is 12.0 Å². The molecule has 4 nitrogen and oxygen atoms in total. The van der Waals surface area contributed by atoms with E-state index in [0.717, 1.165) is 6.29 Å². The van der Waals surface area contributed by atoms with Crippen molar-refractivity contribution >= 4 is 13.3 Å². The first-order chi connectivity index (χ1) is 5.49. The van der Waals surface area contributed by atoms with Gasteiger partial charge in [-0.05, 0) is 20.7 Å². The van der Waals surface area contributed by atoms with E-state index in [1.807, 2.05) is 13.8 Å². The Kier molecular flexibility index (Phi) is 2.56. The molecule has 1 atom stereocenters. The van der Waals surface area contributed by atoms with Crippen LogP contribution in [-0.2, 0) is 9.53 Å². The lowest BCUT2D eigenvalue weighted by molar-refractivity contribution is -0.111. The average Bonchev–Trinajstić information content (AvgIpc) is 2.24. The van der Waals surface area contributed by atoms with Crippen LogP contribution in [0.3, 0.4) is 0 Å². The van der Waals surface area contributed by atoms with Crippen molar-refractivity contribution in [1.29, 1.82) is 0 Å². The van der Waals surface area contributed by atoms with Crippen LogP contribution in [-0.4, -0.2) is 41.5 Å². The molecule has 1 rings (SSSR count). The molecule has 1 aliphatic heterocycles. The third-order valence-corrected chi connectivity index (χ3v) is 2.15. The van der Waals surface area contributed by atoms with Crippen molar-refractivity contribution in [2.24, 2.45) is 0 Å². The van der Waals surface area contributed by atoms with Gasteiger partial charge in [-0.1, -0.05) is 0 Å². The van der Waals surface area contributed by atoms with Gasteiger partial charge < -0.3 is 14.6 Å². The van der Waals surface area contributed by atoms with E-state index in [0.29, 0.717) is 6.61 Å². The summed E-state index contributed by atoms with van der Waals surface area (Å²) in [7, 11) is -0.655. The van der Waals surface area contributed by atoms with Crippen LogP contribution >= 0.6 is 0 Å². The zero-order valence-electron chi connectivity index (χ0n) is 7.65. The molecule has 1 saturated heterocycles. The Morgan fingerprint density at radius 3 is 2.67 bits per heavy atom. The van der Waals surface area contributed by atoms with E-state index in [1.165, 1.54) is 0 Å². The topological polar surface area (TPSA) is 49.8 Å². The van der Waals surface area contributed by atoms with Crippen LogP contribution in [0, 0.1) is 0 Å². The lowest BCUT2D eigenvalue weighted by Gasteiger charge is -2.32. The fourth-order valence-corrected chi connectivity index (χ4v) is 1.68. The first-order valence-corrected chi connectivity index (χ1v) is 4.05. The molecule has 0 unspecified atom stereocenters. The standard InChI is InChI=1S/C7H14BNO3/c1-7(2)9(8(3)11)6(4-10)5-12-7/h4,6,11H,5H2,1-3H3/t6-/m1/s1. The lowest BCUT2D eigenvalue weighted by Crippen LogP contribution is -2.52. The van der Waals surface area contributed by atoms with Crippen LogP contribution in [0.15, 0.2) is 0 Å². The molecule has 0 radical (unpaired) electrons. The molecule has 1 aliphatic rings. The summed E-state index contributed by atoms with van der Waals surface area (Å²) < 4.78 is 5.35. The van der Waals surface area contributed by atoms with Gasteiger partial charge in [-0.15, -0.1) is 0 Å². The van der Waals surface area contributed by atoms with Crippen LogP contribution in [0.25, 0.3) is 0 Å². The molecule has 12 heavy (non-hydrogen) atoms. The molecule has 0 aromatic heterocycles. The molecule has 0 saturated carbocycles. The Balaban J connectivity index is 2.80. The van der Waals surface area contributed by atoms with Crippen molar-refractivity contribution < 1.29 is 14.6 Å². The average molecular weight is 171 g/mol. The summed E-state index contributed by atoms with van der Waals surface area (Å²) in [5.41, 5.74) is -0.542. The zero-order chi connectivity index (χ0) is 9.35. The van der Waals surface area contributed by atoms with Gasteiger partial charge in [0.05, 0.1) is 12.6 Å². The maximum Gasteiger partial charge on any atom is 0.379 e. The lowest BCUT2D eigenvalue weighted by atomic mass is 9.81. The second kappa shape index (κ2) is 3.16. The molecule has 5 heteroatoms. The fraction of sp³-hybridized carbons (Fsp3) is 0.857. The SMILES string of the molecule is CB(O)N1[C@H](C=O)COC1(C)C. The van der Waals surface area contributed by atoms with Gasteiger partial charge >= 0.3 is 7.05 Å². The van der Waals surface area contributed by atoms with Gasteiger partial charge in [-0.2, -0.15) is 0 Å². The van der Waals surface area contributed by atoms with Gasteiger partial charge in [0.15, 0.2) is 0 Å². The molecule has 0 aromatic carbocycles. The second-order valence-electron chi connectivity index (χ2n) is 3.50. The largest absolute Gasteiger partial charge is 0.437 e. The highest BCUT2D eigenvalue weighted by Crippen LogP contribution is 2.26. The van der Waals surface area contributed by atoms with Crippen molar-refractivity contribution in [3.05, 3.63) is 0 Å². The Morgan fingerprint density at radius 2 is 2.33 bits per heavy atom. The van der Waals surface area contributed by atoms with Crippen molar-refractivity contribution in [2.45, 2.75) is 32.4 Å². The summed E-state index contributed by atoms with van der Waals surface area (Å²) in [6.45, 7) is 5.67. The summed E-state index contributed by atoms with van der Waals surface area (Å²) in [6, 6.07) is -0.319. The van der Waals surface area contributed by atoms with Crippen LogP contribution in [0.4, 0.5) is 0 Å². The third-order valence-electron chi connectivity index (χ3n) is 2.15. The first-order valence-electron chi connectivity index (χ1n) is 4.05. The highest BCUT2D eigenvalue weighted by molar-refractivity contribution is 6.46. The van der Waals surface area contributed by atoms with E-state index in [1.54, 1.807) is 11.6 Å². The summed E-state index contributed by atoms with van der Waals surface area (Å²) in [5.74, 6) is 0. The van der Waals surface area contributed by atoms with Crippen LogP contribution in [0.2, 0.25) is 6.82 Å². The van der Waals surface area contributed by atoms with Crippen molar-refractivity contribution in [3.63, 3.8) is 0 Å². The van der Waals surface area contributed by atoms with Crippen LogP contribution < -0.4 is 0 Å². The van der Waals surface area contributed by atoms with E-state index in [9.17, 15) is 9.82 Å². The summed E-state index contributed by atoms with van der Waals surface area (Å²) in [6.07, 6.45) is 0.807. The number of nitrogens with zero attached hydrogens (tertiary/aromatic N) is 1. The van der Waals surface area contributed by atoms with Crippen LogP contribution in [0.1, 0.15) is 13.8 Å². The molecule has 68 valence electrons. The van der Waals surface area contributed by atoms with E-state index < -0.39 is 12.8 Å². The van der Waals surface area contributed by atoms with E-state index in [4.69, 9.17) is 4.74 Å². The Labute approximate surface area is 72.6 Å². The highest BCUT2D eigenvalue weighted by atomic mass is 16.5. The van der Waals surface area contributed by atoms with Gasteiger partial charge in [0, 0.05) is 0 Å². The number of aldehydes is 1. The van der Waals surface area contributed by atoms with Gasteiger partial charge in [-0.25, -0.2) is 0 Å².